The maximum Gasteiger partial charge on any atom is 0.416 e. The maximum absolute atomic E-state index is 10.6. The Labute approximate surface area is 60.4 Å². The van der Waals surface area contributed by atoms with Crippen molar-refractivity contribution in [3.05, 3.63) is 24.6 Å². The highest BCUT2D eigenvalue weighted by Gasteiger charge is 1.99. The number of ether oxygens (including phenoxy) is 1. The minimum atomic E-state index is -0.542. The lowest BCUT2D eigenvalue weighted by molar-refractivity contribution is 0.180. The lowest BCUT2D eigenvalue weighted by Gasteiger charge is -2.03. The average Bonchev–Trinajstić information content (AvgIpc) is 1.58. The van der Waals surface area contributed by atoms with Gasteiger partial charge in [0.25, 0.3) is 0 Å². The fraction of sp³-hybridized carbons (Fsp3) is 0.286. The summed E-state index contributed by atoms with van der Waals surface area (Å²) in [4.78, 5) is 10.6. The van der Waals surface area contributed by atoms with Gasteiger partial charge in [0.2, 0.25) is 0 Å². The van der Waals surface area contributed by atoms with Gasteiger partial charge >= 0.3 is 6.09 Å². The van der Waals surface area contributed by atoms with E-state index in [2.05, 4.69) is 23.2 Å². The van der Waals surface area contributed by atoms with Gasteiger partial charge in [0.15, 0.2) is 0 Å². The van der Waals surface area contributed by atoms with E-state index in [1.807, 2.05) is 0 Å². The second-order valence-corrected chi connectivity index (χ2v) is 2.00. The fourth-order valence-corrected chi connectivity index (χ4v) is 0.358. The molecule has 0 aliphatic heterocycles. The van der Waals surface area contributed by atoms with Crippen LogP contribution in [0.1, 0.15) is 13.8 Å². The number of nitrogens with one attached hydrogen (secondary N) is 1. The van der Waals surface area contributed by atoms with E-state index in [0.29, 0.717) is 11.5 Å². The van der Waals surface area contributed by atoms with Crippen LogP contribution in [0.2, 0.25) is 0 Å². The van der Waals surface area contributed by atoms with Gasteiger partial charge in [0, 0.05) is 5.70 Å². The highest BCUT2D eigenvalue weighted by molar-refractivity contribution is 5.70. The lowest BCUT2D eigenvalue weighted by atomic mass is 10.6. The van der Waals surface area contributed by atoms with E-state index in [0.717, 1.165) is 0 Å². The summed E-state index contributed by atoms with van der Waals surface area (Å²) in [7, 11) is 0. The van der Waals surface area contributed by atoms with Gasteiger partial charge in [-0.05, 0) is 13.8 Å². The van der Waals surface area contributed by atoms with Crippen molar-refractivity contribution in [3.8, 4) is 0 Å². The molecule has 0 atom stereocenters. The Morgan fingerprint density at radius 3 is 2.20 bits per heavy atom. The number of allylic oxidation sites excluding steroid dienone is 2. The van der Waals surface area contributed by atoms with Crippen LogP contribution in [-0.2, 0) is 4.74 Å². The first-order valence-electron chi connectivity index (χ1n) is 2.82. The first kappa shape index (κ1) is 8.75. The van der Waals surface area contributed by atoms with Crippen LogP contribution < -0.4 is 5.32 Å². The molecule has 0 aromatic rings. The van der Waals surface area contributed by atoms with Gasteiger partial charge < -0.3 is 4.74 Å². The van der Waals surface area contributed by atoms with E-state index >= 15 is 0 Å². The molecule has 0 aliphatic carbocycles. The first-order chi connectivity index (χ1) is 4.52. The topological polar surface area (TPSA) is 38.3 Å². The van der Waals surface area contributed by atoms with Crippen LogP contribution in [0.25, 0.3) is 0 Å². The van der Waals surface area contributed by atoms with Gasteiger partial charge in [-0.1, -0.05) is 13.2 Å². The van der Waals surface area contributed by atoms with Gasteiger partial charge in [-0.2, -0.15) is 0 Å². The second kappa shape index (κ2) is 3.71. The molecule has 0 unspecified atom stereocenters. The summed E-state index contributed by atoms with van der Waals surface area (Å²) in [6.45, 7) is 10.1. The van der Waals surface area contributed by atoms with Crippen LogP contribution in [0, 0.1) is 0 Å². The van der Waals surface area contributed by atoms with Gasteiger partial charge in [-0.3, -0.25) is 5.32 Å². The van der Waals surface area contributed by atoms with Crippen molar-refractivity contribution in [2.24, 2.45) is 0 Å². The minimum absolute atomic E-state index is 0.360. The molecule has 0 aromatic carbocycles. The standard InChI is InChI=1S/C7H11NO2/c1-5(2)8-7(9)10-6(3)4/h1,3H2,2,4H3,(H,8,9). The molecule has 0 saturated heterocycles. The fourth-order valence-electron chi connectivity index (χ4n) is 0.358. The van der Waals surface area contributed by atoms with E-state index < -0.39 is 6.09 Å². The molecule has 3 heteroatoms. The summed E-state index contributed by atoms with van der Waals surface area (Å²) in [5, 5.41) is 2.36. The van der Waals surface area contributed by atoms with Gasteiger partial charge in [-0.25, -0.2) is 4.79 Å². The Kier molecular flexibility index (Phi) is 3.25. The summed E-state index contributed by atoms with van der Waals surface area (Å²) in [5.41, 5.74) is 0.547. The molecular formula is C7H11NO2. The van der Waals surface area contributed by atoms with E-state index in [1.165, 1.54) is 0 Å². The Bertz CT molecular complexity index is 154. The zero-order chi connectivity index (χ0) is 8.15. The van der Waals surface area contributed by atoms with Crippen LogP contribution in [-0.4, -0.2) is 6.09 Å². The van der Waals surface area contributed by atoms with Crippen molar-refractivity contribution in [3.63, 3.8) is 0 Å². The molecule has 0 heterocycles. The van der Waals surface area contributed by atoms with E-state index in [1.54, 1.807) is 13.8 Å². The highest BCUT2D eigenvalue weighted by atomic mass is 16.6. The van der Waals surface area contributed by atoms with E-state index in [9.17, 15) is 4.79 Å². The van der Waals surface area contributed by atoms with Gasteiger partial charge in [0.05, 0.1) is 5.76 Å². The zero-order valence-electron chi connectivity index (χ0n) is 6.23. The molecule has 1 amide bonds. The third-order valence-electron chi connectivity index (χ3n) is 0.582. The summed E-state index contributed by atoms with van der Waals surface area (Å²) in [5.74, 6) is 0.360. The largest absolute Gasteiger partial charge is 0.416 e. The third-order valence-corrected chi connectivity index (χ3v) is 0.582. The van der Waals surface area contributed by atoms with Crippen LogP contribution in [0.3, 0.4) is 0 Å². The minimum Gasteiger partial charge on any atom is -0.416 e. The molecule has 0 spiro atoms. The van der Waals surface area contributed by atoms with Crippen LogP contribution in [0.5, 0.6) is 0 Å². The Hall–Kier alpha value is -1.25. The maximum atomic E-state index is 10.6. The summed E-state index contributed by atoms with van der Waals surface area (Å²) in [6.07, 6.45) is -0.542. The number of hydrogen-bond donors (Lipinski definition) is 1. The molecule has 56 valence electrons. The predicted octanol–water partition coefficient (Wildman–Crippen LogP) is 1.78. The molecular weight excluding hydrogens is 130 g/mol. The molecule has 0 radical (unpaired) electrons. The quantitative estimate of drug-likeness (QED) is 0.595. The molecule has 1 N–H and O–H groups in total. The number of carbonyl (C=O) groups excluding carboxylic acids is 1. The second-order valence-electron chi connectivity index (χ2n) is 2.00. The van der Waals surface area contributed by atoms with Crippen molar-refractivity contribution in [2.45, 2.75) is 13.8 Å². The molecule has 0 aliphatic rings. The zero-order valence-corrected chi connectivity index (χ0v) is 6.23. The van der Waals surface area contributed by atoms with Crippen molar-refractivity contribution in [1.82, 2.24) is 5.32 Å². The summed E-state index contributed by atoms with van der Waals surface area (Å²) >= 11 is 0. The van der Waals surface area contributed by atoms with Crippen molar-refractivity contribution in [1.29, 1.82) is 0 Å². The number of hydrogen-bond acceptors (Lipinski definition) is 2. The monoisotopic (exact) mass is 141 g/mol. The summed E-state index contributed by atoms with van der Waals surface area (Å²) < 4.78 is 4.56. The van der Waals surface area contributed by atoms with Crippen LogP contribution in [0.4, 0.5) is 4.79 Å². The number of carbonyl (C=O) groups is 1. The molecule has 0 bridgehead atoms. The number of alkyl carbamates (subject to hydrolysis) is 1. The van der Waals surface area contributed by atoms with Gasteiger partial charge in [0.1, 0.15) is 0 Å². The Balaban J connectivity index is 3.65. The number of amides is 1. The summed E-state index contributed by atoms with van der Waals surface area (Å²) in [6, 6.07) is 0. The van der Waals surface area contributed by atoms with E-state index in [-0.39, 0.29) is 0 Å². The van der Waals surface area contributed by atoms with Gasteiger partial charge in [-0.15, -0.1) is 0 Å². The third kappa shape index (κ3) is 4.90. The molecule has 0 aromatic heterocycles. The Morgan fingerprint density at radius 2 is 1.90 bits per heavy atom. The van der Waals surface area contributed by atoms with Crippen molar-refractivity contribution >= 4 is 6.09 Å². The first-order valence-corrected chi connectivity index (χ1v) is 2.82. The average molecular weight is 141 g/mol. The lowest BCUT2D eigenvalue weighted by Crippen LogP contribution is -2.20. The van der Waals surface area contributed by atoms with E-state index in [4.69, 9.17) is 0 Å². The molecule has 0 saturated carbocycles. The van der Waals surface area contributed by atoms with Crippen LogP contribution >= 0.6 is 0 Å². The molecule has 10 heavy (non-hydrogen) atoms. The van der Waals surface area contributed by atoms with Crippen molar-refractivity contribution < 1.29 is 9.53 Å². The smallest absolute Gasteiger partial charge is 0.416 e. The van der Waals surface area contributed by atoms with Crippen molar-refractivity contribution in [2.75, 3.05) is 0 Å². The SMILES string of the molecule is C=C(C)NC(=O)OC(=C)C. The molecule has 0 fully saturated rings. The normalized spacial score (nSPS) is 8.20. The molecule has 3 nitrogen and oxygen atoms in total. The number of rotatable bonds is 2. The highest BCUT2D eigenvalue weighted by Crippen LogP contribution is 1.91. The Morgan fingerprint density at radius 1 is 1.40 bits per heavy atom. The molecule has 0 rings (SSSR count). The predicted molar refractivity (Wildman–Crippen MR) is 39.2 cm³/mol. The van der Waals surface area contributed by atoms with Crippen LogP contribution in [0.15, 0.2) is 24.6 Å².